The summed E-state index contributed by atoms with van der Waals surface area (Å²) in [5.41, 5.74) is 2.00. The number of amides is 1. The highest BCUT2D eigenvalue weighted by Gasteiger charge is 2.13. The fourth-order valence-corrected chi connectivity index (χ4v) is 3.09. The van der Waals surface area contributed by atoms with Gasteiger partial charge in [0.15, 0.2) is 5.78 Å². The van der Waals surface area contributed by atoms with Gasteiger partial charge < -0.3 is 4.90 Å². The third-order valence-electron chi connectivity index (χ3n) is 3.94. The van der Waals surface area contributed by atoms with Crippen molar-refractivity contribution in [1.29, 1.82) is 0 Å². The van der Waals surface area contributed by atoms with Crippen LogP contribution in [0.1, 0.15) is 42.1 Å². The Morgan fingerprint density at radius 1 is 0.920 bits per heavy atom. The first-order valence-corrected chi connectivity index (χ1v) is 9.77. The number of carbonyl (C=O) groups excluding carboxylic acids is 2. The average Bonchev–Trinajstić information content (AvgIpc) is 2.62. The van der Waals surface area contributed by atoms with Gasteiger partial charge in [0.2, 0.25) is 5.91 Å². The number of nitrogens with zero attached hydrogens (tertiary/aromatic N) is 1. The quantitative estimate of drug-likeness (QED) is 0.320. The molecule has 132 valence electrons. The molecule has 1 amide bonds. The molecule has 0 aliphatic heterocycles. The molecule has 2 rings (SSSR count). The lowest BCUT2D eigenvalue weighted by Crippen LogP contribution is -2.29. The van der Waals surface area contributed by atoms with Crippen LogP contribution in [0.3, 0.4) is 0 Å². The minimum atomic E-state index is -0.0603. The maximum absolute atomic E-state index is 12.5. The molecule has 0 aliphatic carbocycles. The minimum Gasteiger partial charge on any atom is -0.313 e. The lowest BCUT2D eigenvalue weighted by atomic mass is 10.0. The SMILES string of the molecule is CC(=O)N(CCCCCBr)c1ccc(C(=O)c2ccc(Cl)cc2)cc1. The van der Waals surface area contributed by atoms with Gasteiger partial charge in [-0.2, -0.15) is 0 Å². The van der Waals surface area contributed by atoms with Crippen LogP contribution in [0.15, 0.2) is 48.5 Å². The Bertz CT molecular complexity index is 713. The Hall–Kier alpha value is -1.65. The fourth-order valence-electron chi connectivity index (χ4n) is 2.57. The predicted octanol–water partition coefficient (Wildman–Crippen LogP) is 5.49. The van der Waals surface area contributed by atoms with Crippen LogP contribution in [0.4, 0.5) is 5.69 Å². The number of rotatable bonds is 8. The van der Waals surface area contributed by atoms with E-state index < -0.39 is 0 Å². The summed E-state index contributed by atoms with van der Waals surface area (Å²) in [6.07, 6.45) is 3.12. The molecule has 2 aromatic rings. The molecular weight excluding hydrogens is 402 g/mol. The van der Waals surface area contributed by atoms with Crippen LogP contribution in [-0.2, 0) is 4.79 Å². The van der Waals surface area contributed by atoms with Gasteiger partial charge in [-0.3, -0.25) is 9.59 Å². The second kappa shape index (κ2) is 9.73. The molecule has 0 saturated heterocycles. The van der Waals surface area contributed by atoms with E-state index in [9.17, 15) is 9.59 Å². The van der Waals surface area contributed by atoms with Gasteiger partial charge in [-0.15, -0.1) is 0 Å². The normalized spacial score (nSPS) is 10.5. The van der Waals surface area contributed by atoms with Crippen LogP contribution in [-0.4, -0.2) is 23.6 Å². The largest absolute Gasteiger partial charge is 0.313 e. The van der Waals surface area contributed by atoms with Crippen molar-refractivity contribution in [2.75, 3.05) is 16.8 Å². The number of unbranched alkanes of at least 4 members (excludes halogenated alkanes) is 2. The van der Waals surface area contributed by atoms with Gasteiger partial charge >= 0.3 is 0 Å². The molecule has 0 bridgehead atoms. The molecule has 3 nitrogen and oxygen atoms in total. The number of halogens is 2. The van der Waals surface area contributed by atoms with E-state index in [2.05, 4.69) is 15.9 Å². The van der Waals surface area contributed by atoms with Gasteiger partial charge in [0.1, 0.15) is 0 Å². The minimum absolute atomic E-state index is 0.00983. The molecule has 0 radical (unpaired) electrons. The first-order chi connectivity index (χ1) is 12.0. The summed E-state index contributed by atoms with van der Waals surface area (Å²) >= 11 is 9.27. The average molecular weight is 423 g/mol. The molecule has 0 aromatic heterocycles. The van der Waals surface area contributed by atoms with Crippen molar-refractivity contribution in [3.63, 3.8) is 0 Å². The number of ketones is 1. The molecule has 0 atom stereocenters. The van der Waals surface area contributed by atoms with Crippen LogP contribution in [0.25, 0.3) is 0 Å². The van der Waals surface area contributed by atoms with Crippen molar-refractivity contribution < 1.29 is 9.59 Å². The topological polar surface area (TPSA) is 37.4 Å². The van der Waals surface area contributed by atoms with Crippen molar-refractivity contribution >= 4 is 44.9 Å². The monoisotopic (exact) mass is 421 g/mol. The van der Waals surface area contributed by atoms with Gasteiger partial charge in [-0.1, -0.05) is 34.0 Å². The summed E-state index contributed by atoms with van der Waals surface area (Å²) in [5.74, 6) is -0.0504. The first-order valence-electron chi connectivity index (χ1n) is 8.27. The molecule has 0 N–H and O–H groups in total. The van der Waals surface area contributed by atoms with E-state index in [1.54, 1.807) is 48.2 Å². The number of anilines is 1. The van der Waals surface area contributed by atoms with E-state index in [0.717, 1.165) is 30.3 Å². The molecule has 5 heteroatoms. The van der Waals surface area contributed by atoms with Crippen LogP contribution in [0.2, 0.25) is 5.02 Å². The summed E-state index contributed by atoms with van der Waals surface area (Å²) in [6.45, 7) is 2.25. The van der Waals surface area contributed by atoms with Gasteiger partial charge in [0.25, 0.3) is 0 Å². The lowest BCUT2D eigenvalue weighted by Gasteiger charge is -2.21. The molecular formula is C20H21BrClNO2. The molecule has 25 heavy (non-hydrogen) atoms. The number of alkyl halides is 1. The van der Waals surface area contributed by atoms with Crippen molar-refractivity contribution in [1.82, 2.24) is 0 Å². The van der Waals surface area contributed by atoms with Crippen LogP contribution < -0.4 is 4.90 Å². The van der Waals surface area contributed by atoms with Gasteiger partial charge in [0, 0.05) is 40.6 Å². The number of benzene rings is 2. The van der Waals surface area contributed by atoms with E-state index in [0.29, 0.717) is 22.7 Å². The molecule has 0 fully saturated rings. The maximum atomic E-state index is 12.5. The summed E-state index contributed by atoms with van der Waals surface area (Å²) in [4.78, 5) is 26.2. The Morgan fingerprint density at radius 3 is 2.00 bits per heavy atom. The second-order valence-electron chi connectivity index (χ2n) is 5.80. The second-order valence-corrected chi connectivity index (χ2v) is 7.03. The Labute approximate surface area is 162 Å². The standard InChI is InChI=1S/C20H21BrClNO2/c1-15(24)23(14-4-2-3-13-21)19-11-7-17(8-12-19)20(25)16-5-9-18(22)10-6-16/h5-12H,2-4,13-14H2,1H3. The van der Waals surface area contributed by atoms with E-state index in [1.807, 2.05) is 12.1 Å². The first kappa shape index (κ1) is 19.7. The summed E-state index contributed by atoms with van der Waals surface area (Å²) in [7, 11) is 0. The lowest BCUT2D eigenvalue weighted by molar-refractivity contribution is -0.116. The van der Waals surface area contributed by atoms with Crippen molar-refractivity contribution in [3.05, 3.63) is 64.7 Å². The maximum Gasteiger partial charge on any atom is 0.223 e. The van der Waals surface area contributed by atoms with Crippen LogP contribution in [0.5, 0.6) is 0 Å². The highest BCUT2D eigenvalue weighted by molar-refractivity contribution is 9.09. The summed E-state index contributed by atoms with van der Waals surface area (Å²) < 4.78 is 0. The number of carbonyl (C=O) groups is 2. The summed E-state index contributed by atoms with van der Waals surface area (Å²) in [5, 5.41) is 1.58. The van der Waals surface area contributed by atoms with Crippen LogP contribution in [0, 0.1) is 0 Å². The molecule has 2 aromatic carbocycles. The summed E-state index contributed by atoms with van der Waals surface area (Å²) in [6, 6.07) is 14.0. The van der Waals surface area contributed by atoms with E-state index in [-0.39, 0.29) is 11.7 Å². The van der Waals surface area contributed by atoms with Gasteiger partial charge in [0.05, 0.1) is 0 Å². The van der Waals surface area contributed by atoms with E-state index in [1.165, 1.54) is 0 Å². The molecule has 0 spiro atoms. The zero-order valence-corrected chi connectivity index (χ0v) is 16.5. The van der Waals surface area contributed by atoms with Crippen molar-refractivity contribution in [2.24, 2.45) is 0 Å². The highest BCUT2D eigenvalue weighted by Crippen LogP contribution is 2.19. The fraction of sp³-hybridized carbons (Fsp3) is 0.300. The van der Waals surface area contributed by atoms with Crippen molar-refractivity contribution in [2.45, 2.75) is 26.2 Å². The third-order valence-corrected chi connectivity index (χ3v) is 4.76. The van der Waals surface area contributed by atoms with Crippen LogP contribution >= 0.6 is 27.5 Å². The Balaban J connectivity index is 2.09. The zero-order chi connectivity index (χ0) is 18.2. The number of hydrogen-bond acceptors (Lipinski definition) is 2. The third kappa shape index (κ3) is 5.68. The molecule has 0 aliphatic rings. The molecule has 0 saturated carbocycles. The number of hydrogen-bond donors (Lipinski definition) is 0. The van der Waals surface area contributed by atoms with E-state index in [4.69, 9.17) is 11.6 Å². The van der Waals surface area contributed by atoms with Gasteiger partial charge in [-0.25, -0.2) is 0 Å². The van der Waals surface area contributed by atoms with E-state index >= 15 is 0 Å². The van der Waals surface area contributed by atoms with Gasteiger partial charge in [-0.05, 0) is 61.4 Å². The Kier molecular flexibility index (Phi) is 7.66. The Morgan fingerprint density at radius 2 is 1.48 bits per heavy atom. The highest BCUT2D eigenvalue weighted by atomic mass is 79.9. The predicted molar refractivity (Wildman–Crippen MR) is 107 cm³/mol. The molecule has 0 heterocycles. The van der Waals surface area contributed by atoms with Crippen molar-refractivity contribution in [3.8, 4) is 0 Å². The zero-order valence-electron chi connectivity index (χ0n) is 14.2. The smallest absolute Gasteiger partial charge is 0.223 e. The molecule has 0 unspecified atom stereocenters.